The minimum absolute atomic E-state index is 0.0574. The molecular formula is C18H32O16. The van der Waals surface area contributed by atoms with E-state index in [-0.39, 0.29) is 6.29 Å². The Labute approximate surface area is 192 Å². The summed E-state index contributed by atoms with van der Waals surface area (Å²) in [5.41, 5.74) is 0. The Kier molecular flexibility index (Phi) is 11.1. The van der Waals surface area contributed by atoms with Crippen LogP contribution in [0.25, 0.3) is 0 Å². The molecule has 34 heavy (non-hydrogen) atoms. The standard InChI is InChI=1S/C18H32O16/c19-1-5(22)9(24)16(6(23)2-20)34-18-15(30)13(28)11(26)8(33-18)4-31-17-14(29)12(27)10(25)7(3-21)32-17/h2,5-19,21-30H,1,3-4H2/t5-,6+,7-,8-,9+,10+,11+,12+,13+,14-,15-,16-,17+,18-/m1/s1. The van der Waals surface area contributed by atoms with E-state index in [0.717, 1.165) is 0 Å². The van der Waals surface area contributed by atoms with Crippen molar-refractivity contribution >= 4 is 6.29 Å². The van der Waals surface area contributed by atoms with Crippen molar-refractivity contribution in [2.45, 2.75) is 85.8 Å². The fourth-order valence-electron chi connectivity index (χ4n) is 3.48. The third-order valence-electron chi connectivity index (χ3n) is 5.63. The second-order valence-electron chi connectivity index (χ2n) is 8.01. The van der Waals surface area contributed by atoms with Crippen LogP contribution in [-0.2, 0) is 23.7 Å². The summed E-state index contributed by atoms with van der Waals surface area (Å²) in [6, 6.07) is 0. The van der Waals surface area contributed by atoms with Gasteiger partial charge in [-0.1, -0.05) is 0 Å². The summed E-state index contributed by atoms with van der Waals surface area (Å²) in [6.07, 6.45) is -25.1. The van der Waals surface area contributed by atoms with Gasteiger partial charge in [-0.3, -0.25) is 0 Å². The lowest BCUT2D eigenvalue weighted by atomic mass is 9.98. The van der Waals surface area contributed by atoms with Crippen LogP contribution < -0.4 is 0 Å². The summed E-state index contributed by atoms with van der Waals surface area (Å²) in [7, 11) is 0. The molecule has 2 rings (SSSR count). The molecule has 0 saturated carbocycles. The zero-order valence-corrected chi connectivity index (χ0v) is 17.7. The molecule has 0 aromatic heterocycles. The fourth-order valence-corrected chi connectivity index (χ4v) is 3.48. The van der Waals surface area contributed by atoms with Crippen molar-refractivity contribution in [3.05, 3.63) is 0 Å². The van der Waals surface area contributed by atoms with Crippen molar-refractivity contribution < 1.29 is 79.9 Å². The predicted octanol–water partition coefficient (Wildman–Crippen LogP) is -7.73. The van der Waals surface area contributed by atoms with E-state index in [1.165, 1.54) is 0 Å². The lowest BCUT2D eigenvalue weighted by Crippen LogP contribution is -2.63. The van der Waals surface area contributed by atoms with Crippen LogP contribution in [0.3, 0.4) is 0 Å². The highest BCUT2D eigenvalue weighted by Gasteiger charge is 2.49. The maximum Gasteiger partial charge on any atom is 0.187 e. The highest BCUT2D eigenvalue weighted by atomic mass is 16.7. The van der Waals surface area contributed by atoms with E-state index in [9.17, 15) is 55.9 Å². The molecule has 0 spiro atoms. The first kappa shape index (κ1) is 29.3. The molecular weight excluding hydrogens is 472 g/mol. The van der Waals surface area contributed by atoms with E-state index < -0.39 is 106 Å². The van der Waals surface area contributed by atoms with Crippen molar-refractivity contribution in [1.82, 2.24) is 0 Å². The molecule has 2 aliphatic heterocycles. The number of aliphatic hydroxyl groups excluding tert-OH is 11. The number of aliphatic hydroxyl groups is 11. The van der Waals surface area contributed by atoms with E-state index in [2.05, 4.69) is 0 Å². The third-order valence-corrected chi connectivity index (χ3v) is 5.63. The number of hydrogen-bond acceptors (Lipinski definition) is 16. The van der Waals surface area contributed by atoms with Crippen LogP contribution in [0.2, 0.25) is 0 Å². The molecule has 0 radical (unpaired) electrons. The first-order valence-corrected chi connectivity index (χ1v) is 10.4. The minimum Gasteiger partial charge on any atom is -0.394 e. The summed E-state index contributed by atoms with van der Waals surface area (Å²) in [4.78, 5) is 11.0. The minimum atomic E-state index is -2.06. The molecule has 2 fully saturated rings. The summed E-state index contributed by atoms with van der Waals surface area (Å²) in [5, 5.41) is 108. The van der Waals surface area contributed by atoms with Gasteiger partial charge in [0.1, 0.15) is 73.2 Å². The van der Waals surface area contributed by atoms with Gasteiger partial charge in [0.05, 0.1) is 19.8 Å². The molecule has 0 aromatic carbocycles. The molecule has 0 amide bonds. The van der Waals surface area contributed by atoms with Gasteiger partial charge in [0.25, 0.3) is 0 Å². The zero-order valence-electron chi connectivity index (χ0n) is 17.7. The Morgan fingerprint density at radius 1 is 0.765 bits per heavy atom. The van der Waals surface area contributed by atoms with E-state index >= 15 is 0 Å². The normalized spacial score (nSPS) is 42.6. The van der Waals surface area contributed by atoms with Crippen molar-refractivity contribution in [2.24, 2.45) is 0 Å². The van der Waals surface area contributed by atoms with Crippen molar-refractivity contribution in [3.8, 4) is 0 Å². The van der Waals surface area contributed by atoms with E-state index in [0.29, 0.717) is 0 Å². The first-order valence-electron chi connectivity index (χ1n) is 10.4. The van der Waals surface area contributed by atoms with Crippen LogP contribution in [0, 0.1) is 0 Å². The Bertz CT molecular complexity index is 623. The molecule has 0 aliphatic carbocycles. The maximum absolute atomic E-state index is 11.0. The molecule has 0 aromatic rings. The van der Waals surface area contributed by atoms with E-state index in [1.54, 1.807) is 0 Å². The third kappa shape index (κ3) is 6.44. The van der Waals surface area contributed by atoms with Crippen LogP contribution in [0.5, 0.6) is 0 Å². The van der Waals surface area contributed by atoms with Crippen LogP contribution in [0.1, 0.15) is 0 Å². The molecule has 200 valence electrons. The monoisotopic (exact) mass is 504 g/mol. The lowest BCUT2D eigenvalue weighted by molar-refractivity contribution is -0.342. The fraction of sp³-hybridized carbons (Fsp3) is 0.944. The van der Waals surface area contributed by atoms with Gasteiger partial charge in [0.15, 0.2) is 18.9 Å². The van der Waals surface area contributed by atoms with Crippen LogP contribution in [0.4, 0.5) is 0 Å². The van der Waals surface area contributed by atoms with Crippen molar-refractivity contribution in [3.63, 3.8) is 0 Å². The lowest BCUT2D eigenvalue weighted by Gasteiger charge is -2.43. The van der Waals surface area contributed by atoms with Crippen LogP contribution in [0.15, 0.2) is 0 Å². The largest absolute Gasteiger partial charge is 0.394 e. The summed E-state index contributed by atoms with van der Waals surface area (Å²) in [6.45, 7) is -2.37. The van der Waals surface area contributed by atoms with Gasteiger partial charge in [-0.05, 0) is 0 Å². The molecule has 2 aliphatic rings. The predicted molar refractivity (Wildman–Crippen MR) is 102 cm³/mol. The molecule has 16 heteroatoms. The molecule has 0 unspecified atom stereocenters. The topological polar surface area (TPSA) is 277 Å². The Morgan fingerprint density at radius 2 is 1.29 bits per heavy atom. The average molecular weight is 504 g/mol. The zero-order chi connectivity index (χ0) is 25.7. The molecule has 2 saturated heterocycles. The van der Waals surface area contributed by atoms with Gasteiger partial charge < -0.3 is 79.9 Å². The van der Waals surface area contributed by atoms with Crippen LogP contribution >= 0.6 is 0 Å². The highest BCUT2D eigenvalue weighted by molar-refractivity contribution is 5.56. The molecule has 14 atom stereocenters. The van der Waals surface area contributed by atoms with Gasteiger partial charge in [-0.25, -0.2) is 0 Å². The quantitative estimate of drug-likeness (QED) is 0.117. The van der Waals surface area contributed by atoms with E-state index in [1.807, 2.05) is 0 Å². The number of rotatable bonds is 11. The van der Waals surface area contributed by atoms with Gasteiger partial charge in [0.2, 0.25) is 0 Å². The van der Waals surface area contributed by atoms with Gasteiger partial charge in [0, 0.05) is 0 Å². The second-order valence-corrected chi connectivity index (χ2v) is 8.01. The Morgan fingerprint density at radius 3 is 1.82 bits per heavy atom. The van der Waals surface area contributed by atoms with Gasteiger partial charge in [-0.2, -0.15) is 0 Å². The first-order chi connectivity index (χ1) is 16.0. The number of ether oxygens (including phenoxy) is 4. The molecule has 2 heterocycles. The van der Waals surface area contributed by atoms with Gasteiger partial charge >= 0.3 is 0 Å². The Balaban J connectivity index is 2.10. The summed E-state index contributed by atoms with van der Waals surface area (Å²) < 4.78 is 20.9. The Hall–Kier alpha value is -0.930. The molecule has 16 nitrogen and oxygen atoms in total. The number of carbonyl (C=O) groups excluding carboxylic acids is 1. The summed E-state index contributed by atoms with van der Waals surface area (Å²) >= 11 is 0. The number of aldehydes is 1. The molecule has 11 N–H and O–H groups in total. The SMILES string of the molecule is O=C[C@H](O)[C@@H](O[C@H]1O[C@H](CO[C@H]2O[C@H](CO)[C@H](O)[C@H](O)[C@H]2O)[C@H](O)[C@H](O)[C@H]1O)[C@@H](O)[C@H](O)CO. The number of hydrogen-bond donors (Lipinski definition) is 11. The van der Waals surface area contributed by atoms with Crippen molar-refractivity contribution in [1.29, 1.82) is 0 Å². The summed E-state index contributed by atoms with van der Waals surface area (Å²) in [5.74, 6) is 0. The molecule has 0 bridgehead atoms. The second kappa shape index (κ2) is 12.9. The van der Waals surface area contributed by atoms with Crippen molar-refractivity contribution in [2.75, 3.05) is 19.8 Å². The van der Waals surface area contributed by atoms with E-state index in [4.69, 9.17) is 24.1 Å². The smallest absolute Gasteiger partial charge is 0.187 e. The maximum atomic E-state index is 11.0. The number of carbonyl (C=O) groups is 1. The highest BCUT2D eigenvalue weighted by Crippen LogP contribution is 2.27. The van der Waals surface area contributed by atoms with Crippen LogP contribution in [-0.4, -0.2) is 168 Å². The average Bonchev–Trinajstić information content (AvgIpc) is 2.84. The van der Waals surface area contributed by atoms with Gasteiger partial charge in [-0.15, -0.1) is 0 Å².